The molecule has 3 rings (SSSR count). The van der Waals surface area contributed by atoms with Gasteiger partial charge in [-0.15, -0.1) is 11.3 Å². The van der Waals surface area contributed by atoms with Gasteiger partial charge >= 0.3 is 12.1 Å². The second-order valence-corrected chi connectivity index (χ2v) is 9.39. The zero-order valence-corrected chi connectivity index (χ0v) is 18.3. The molecule has 1 aliphatic heterocycles. The van der Waals surface area contributed by atoms with Gasteiger partial charge < -0.3 is 15.3 Å². The summed E-state index contributed by atoms with van der Waals surface area (Å²) in [6.45, 7) is 7.19. The summed E-state index contributed by atoms with van der Waals surface area (Å²) in [7, 11) is 0. The van der Waals surface area contributed by atoms with E-state index >= 15 is 0 Å². The molecule has 2 aromatic rings. The number of anilines is 1. The fourth-order valence-corrected chi connectivity index (χ4v) is 4.29. The Labute approximate surface area is 181 Å². The van der Waals surface area contributed by atoms with Crippen molar-refractivity contribution in [1.29, 1.82) is 0 Å². The van der Waals surface area contributed by atoms with Crippen molar-refractivity contribution in [2.24, 2.45) is 0 Å². The number of rotatable bonds is 4. The van der Waals surface area contributed by atoms with Crippen molar-refractivity contribution in [3.63, 3.8) is 0 Å². The summed E-state index contributed by atoms with van der Waals surface area (Å²) in [4.78, 5) is 33.5. The molecule has 1 amide bonds. The highest BCUT2D eigenvalue weighted by Gasteiger charge is 2.43. The molecule has 1 fully saturated rings. The molecule has 3 heterocycles. The minimum atomic E-state index is -4.63. The van der Waals surface area contributed by atoms with Gasteiger partial charge in [0.05, 0.1) is 11.6 Å². The Morgan fingerprint density at radius 3 is 2.48 bits per heavy atom. The van der Waals surface area contributed by atoms with Gasteiger partial charge in [-0.2, -0.15) is 13.2 Å². The monoisotopic (exact) mass is 456 g/mol. The third kappa shape index (κ3) is 4.97. The number of aromatic nitrogens is 2. The smallest absolute Gasteiger partial charge is 0.416 e. The molecule has 0 aliphatic carbocycles. The van der Waals surface area contributed by atoms with E-state index in [9.17, 15) is 22.8 Å². The fraction of sp³-hybridized carbons (Fsp3) is 0.500. The van der Waals surface area contributed by atoms with Gasteiger partial charge in [0.15, 0.2) is 0 Å². The average molecular weight is 456 g/mol. The standard InChI is InChI=1S/C20H23F3N4O3S/c1-10-5-6-14(27(10)17(28)13-9-31-16(25-13)18(29)30)11-8-24-15(26-19(2,3)4)7-12(11)20(21,22)23/h7-10,14H,5-6H2,1-4H3,(H,24,26)(H,29,30). The molecule has 0 spiro atoms. The fourth-order valence-electron chi connectivity index (χ4n) is 3.66. The molecule has 1 saturated heterocycles. The number of carboxylic acids is 1. The van der Waals surface area contributed by atoms with Crippen LogP contribution in [0.1, 0.15) is 78.0 Å². The number of aromatic carboxylic acids is 1. The van der Waals surface area contributed by atoms with Crippen LogP contribution in [0, 0.1) is 0 Å². The van der Waals surface area contributed by atoms with Crippen LogP contribution in [-0.2, 0) is 6.18 Å². The van der Waals surface area contributed by atoms with E-state index in [0.717, 1.165) is 17.4 Å². The van der Waals surface area contributed by atoms with Crippen molar-refractivity contribution in [1.82, 2.24) is 14.9 Å². The molecule has 2 N–H and O–H groups in total. The number of carboxylic acid groups (broad SMARTS) is 1. The number of amides is 1. The summed E-state index contributed by atoms with van der Waals surface area (Å²) in [6.07, 6.45) is -2.63. The minimum absolute atomic E-state index is 0.0849. The second kappa shape index (κ2) is 8.10. The Kier molecular flexibility index (Phi) is 6.01. The summed E-state index contributed by atoms with van der Waals surface area (Å²) < 4.78 is 41.8. The lowest BCUT2D eigenvalue weighted by atomic mass is 9.99. The molecule has 0 aromatic carbocycles. The number of carbonyl (C=O) groups is 2. The molecular formula is C20H23F3N4O3S. The molecule has 7 nitrogen and oxygen atoms in total. The van der Waals surface area contributed by atoms with Gasteiger partial charge in [0.2, 0.25) is 5.01 Å². The van der Waals surface area contributed by atoms with E-state index in [4.69, 9.17) is 5.11 Å². The van der Waals surface area contributed by atoms with E-state index < -0.39 is 35.2 Å². The van der Waals surface area contributed by atoms with Gasteiger partial charge in [-0.3, -0.25) is 4.79 Å². The Morgan fingerprint density at radius 2 is 1.94 bits per heavy atom. The predicted octanol–water partition coefficient (Wildman–Crippen LogP) is 4.83. The first-order chi connectivity index (χ1) is 14.3. The van der Waals surface area contributed by atoms with E-state index in [1.165, 1.54) is 16.5 Å². The number of hydrogen-bond acceptors (Lipinski definition) is 6. The van der Waals surface area contributed by atoms with Gasteiger partial charge in [-0.05, 0) is 46.6 Å². The van der Waals surface area contributed by atoms with Gasteiger partial charge in [-0.25, -0.2) is 14.8 Å². The SMILES string of the molecule is CC1CCC(c2cnc(NC(C)(C)C)cc2C(F)(F)F)N1C(=O)c1csc(C(=O)O)n1. The quantitative estimate of drug-likeness (QED) is 0.684. The Hall–Kier alpha value is -2.69. The van der Waals surface area contributed by atoms with Crippen molar-refractivity contribution in [3.05, 3.63) is 39.5 Å². The number of halogens is 3. The van der Waals surface area contributed by atoms with Crippen LogP contribution in [0.2, 0.25) is 0 Å². The predicted molar refractivity (Wildman–Crippen MR) is 109 cm³/mol. The largest absolute Gasteiger partial charge is 0.476 e. The van der Waals surface area contributed by atoms with Crippen LogP contribution in [-0.4, -0.2) is 43.4 Å². The third-order valence-corrected chi connectivity index (χ3v) is 5.74. The summed E-state index contributed by atoms with van der Waals surface area (Å²) in [6, 6.07) is -0.205. The van der Waals surface area contributed by atoms with E-state index in [1.807, 2.05) is 20.8 Å². The van der Waals surface area contributed by atoms with Crippen molar-refractivity contribution in [2.45, 2.75) is 64.3 Å². The average Bonchev–Trinajstić information content (AvgIpc) is 3.26. The first kappa shape index (κ1) is 23.0. The molecule has 2 atom stereocenters. The van der Waals surface area contributed by atoms with Crippen LogP contribution in [0.25, 0.3) is 0 Å². The van der Waals surface area contributed by atoms with Crippen LogP contribution in [0.5, 0.6) is 0 Å². The lowest BCUT2D eigenvalue weighted by Crippen LogP contribution is -2.37. The van der Waals surface area contributed by atoms with E-state index in [2.05, 4.69) is 15.3 Å². The number of likely N-dealkylation sites (tertiary alicyclic amines) is 1. The first-order valence-electron chi connectivity index (χ1n) is 9.64. The van der Waals surface area contributed by atoms with Crippen molar-refractivity contribution in [3.8, 4) is 0 Å². The topological polar surface area (TPSA) is 95.4 Å². The Balaban J connectivity index is 2.01. The highest BCUT2D eigenvalue weighted by Crippen LogP contribution is 2.43. The highest BCUT2D eigenvalue weighted by molar-refractivity contribution is 7.11. The maximum Gasteiger partial charge on any atom is 0.416 e. The van der Waals surface area contributed by atoms with Crippen LogP contribution < -0.4 is 5.32 Å². The maximum absolute atomic E-state index is 13.9. The molecule has 1 aliphatic rings. The summed E-state index contributed by atoms with van der Waals surface area (Å²) in [5.74, 6) is -1.76. The summed E-state index contributed by atoms with van der Waals surface area (Å²) in [5.41, 5.74) is -1.50. The van der Waals surface area contributed by atoms with Gasteiger partial charge in [0.1, 0.15) is 11.5 Å². The van der Waals surface area contributed by atoms with Crippen LogP contribution in [0.4, 0.5) is 19.0 Å². The summed E-state index contributed by atoms with van der Waals surface area (Å²) in [5, 5.41) is 13.0. The van der Waals surface area contributed by atoms with E-state index in [-0.39, 0.29) is 28.1 Å². The molecule has 31 heavy (non-hydrogen) atoms. The number of alkyl halides is 3. The van der Waals surface area contributed by atoms with Gasteiger partial charge in [0, 0.05) is 28.7 Å². The molecule has 0 bridgehead atoms. The van der Waals surface area contributed by atoms with Gasteiger partial charge in [0.25, 0.3) is 5.91 Å². The van der Waals surface area contributed by atoms with Gasteiger partial charge in [-0.1, -0.05) is 0 Å². The number of carbonyl (C=O) groups excluding carboxylic acids is 1. The first-order valence-corrected chi connectivity index (χ1v) is 10.5. The van der Waals surface area contributed by atoms with Crippen LogP contribution in [0.15, 0.2) is 17.6 Å². The van der Waals surface area contributed by atoms with Crippen LogP contribution >= 0.6 is 11.3 Å². The number of nitrogens with zero attached hydrogens (tertiary/aromatic N) is 3. The van der Waals surface area contributed by atoms with E-state index in [0.29, 0.717) is 12.8 Å². The normalized spacial score (nSPS) is 19.5. The Morgan fingerprint density at radius 1 is 1.26 bits per heavy atom. The second-order valence-electron chi connectivity index (χ2n) is 8.53. The zero-order valence-electron chi connectivity index (χ0n) is 17.4. The zero-order chi connectivity index (χ0) is 23.1. The number of hydrogen-bond donors (Lipinski definition) is 2. The lowest BCUT2D eigenvalue weighted by molar-refractivity contribution is -0.138. The Bertz CT molecular complexity index is 1000. The minimum Gasteiger partial charge on any atom is -0.476 e. The molecular weight excluding hydrogens is 433 g/mol. The number of nitrogens with one attached hydrogen (secondary N) is 1. The van der Waals surface area contributed by atoms with Crippen molar-refractivity contribution < 1.29 is 27.9 Å². The number of thiazole rings is 1. The molecule has 0 radical (unpaired) electrons. The summed E-state index contributed by atoms with van der Waals surface area (Å²) >= 11 is 0.799. The molecule has 168 valence electrons. The van der Waals surface area contributed by atoms with Crippen molar-refractivity contribution >= 4 is 29.0 Å². The van der Waals surface area contributed by atoms with Crippen LogP contribution in [0.3, 0.4) is 0 Å². The molecule has 11 heteroatoms. The number of pyridine rings is 1. The molecule has 2 unspecified atom stereocenters. The molecule has 2 aromatic heterocycles. The lowest BCUT2D eigenvalue weighted by Gasteiger charge is -2.30. The maximum atomic E-state index is 13.9. The van der Waals surface area contributed by atoms with Crippen molar-refractivity contribution in [2.75, 3.05) is 5.32 Å². The third-order valence-electron chi connectivity index (χ3n) is 4.91. The van der Waals surface area contributed by atoms with E-state index in [1.54, 1.807) is 6.92 Å². The highest BCUT2D eigenvalue weighted by atomic mass is 32.1. The molecule has 0 saturated carbocycles.